The molecular weight excluding hydrogens is 258 g/mol. The molecule has 0 bridgehead atoms. The number of hydrogen-bond donors (Lipinski definition) is 2. The van der Waals surface area contributed by atoms with Crippen molar-refractivity contribution in [2.45, 2.75) is 6.04 Å². The third kappa shape index (κ3) is 2.91. The largest absolute Gasteiger partial charge is 0.480 e. The Morgan fingerprint density at radius 3 is 2.80 bits per heavy atom. The highest BCUT2D eigenvalue weighted by molar-refractivity contribution is 5.97. The molecule has 1 fully saturated rings. The predicted octanol–water partition coefficient (Wildman–Crippen LogP) is 0.251. The molecule has 0 radical (unpaired) electrons. The maximum absolute atomic E-state index is 12.5. The van der Waals surface area contributed by atoms with E-state index in [9.17, 15) is 14.7 Å². The third-order valence-corrected chi connectivity index (χ3v) is 3.40. The highest BCUT2D eigenvalue weighted by atomic mass is 16.4. The Kier molecular flexibility index (Phi) is 4.24. The molecule has 1 amide bonds. The molecule has 1 heterocycles. The number of benzene rings is 1. The van der Waals surface area contributed by atoms with Crippen LogP contribution in [0.25, 0.3) is 0 Å². The smallest absolute Gasteiger partial charge is 0.327 e. The molecule has 2 N–H and O–H groups in total. The van der Waals surface area contributed by atoms with Crippen LogP contribution in [0.15, 0.2) is 24.3 Å². The van der Waals surface area contributed by atoms with Crippen LogP contribution in [-0.4, -0.2) is 61.7 Å². The molecule has 1 atom stereocenters. The summed E-state index contributed by atoms with van der Waals surface area (Å²) >= 11 is 0. The number of hydrogen-bond acceptors (Lipinski definition) is 4. The summed E-state index contributed by atoms with van der Waals surface area (Å²) in [4.78, 5) is 27.1. The fourth-order valence-corrected chi connectivity index (χ4v) is 2.25. The fraction of sp³-hybridized carbons (Fsp3) is 0.429. The standard InChI is InChI=1S/C14H19N3O3/c1-16(2)11-5-3-4-10(8-11)13(18)17-7-6-15-9-12(17)14(19)20/h3-5,8,12,15H,6-7,9H2,1-2H3,(H,19,20). The van der Waals surface area contributed by atoms with E-state index in [1.807, 2.05) is 25.1 Å². The van der Waals surface area contributed by atoms with Crippen LogP contribution in [0.3, 0.4) is 0 Å². The summed E-state index contributed by atoms with van der Waals surface area (Å²) in [5.41, 5.74) is 1.43. The predicted molar refractivity (Wildman–Crippen MR) is 76.1 cm³/mol. The molecule has 108 valence electrons. The van der Waals surface area contributed by atoms with E-state index in [0.717, 1.165) is 5.69 Å². The van der Waals surface area contributed by atoms with Crippen molar-refractivity contribution in [2.24, 2.45) is 0 Å². The topological polar surface area (TPSA) is 72.9 Å². The SMILES string of the molecule is CN(C)c1cccc(C(=O)N2CCNCC2C(=O)O)c1. The van der Waals surface area contributed by atoms with Gasteiger partial charge >= 0.3 is 5.97 Å². The van der Waals surface area contributed by atoms with Gasteiger partial charge in [-0.1, -0.05) is 6.07 Å². The molecule has 1 unspecified atom stereocenters. The van der Waals surface area contributed by atoms with Gasteiger partial charge in [-0.05, 0) is 18.2 Å². The first-order valence-electron chi connectivity index (χ1n) is 6.52. The van der Waals surface area contributed by atoms with Crippen LogP contribution >= 0.6 is 0 Å². The number of nitrogens with zero attached hydrogens (tertiary/aromatic N) is 2. The van der Waals surface area contributed by atoms with Gasteiger partial charge in [-0.15, -0.1) is 0 Å². The molecule has 0 spiro atoms. The van der Waals surface area contributed by atoms with Gasteiger partial charge in [0.25, 0.3) is 5.91 Å². The Hall–Kier alpha value is -2.08. The molecule has 20 heavy (non-hydrogen) atoms. The monoisotopic (exact) mass is 277 g/mol. The molecule has 2 rings (SSSR count). The van der Waals surface area contributed by atoms with Gasteiger partial charge in [0.15, 0.2) is 0 Å². The highest BCUT2D eigenvalue weighted by Gasteiger charge is 2.32. The van der Waals surface area contributed by atoms with E-state index >= 15 is 0 Å². The summed E-state index contributed by atoms with van der Waals surface area (Å²) < 4.78 is 0. The second kappa shape index (κ2) is 5.92. The van der Waals surface area contributed by atoms with Crippen molar-refractivity contribution in [1.29, 1.82) is 0 Å². The van der Waals surface area contributed by atoms with E-state index in [4.69, 9.17) is 0 Å². The van der Waals surface area contributed by atoms with Crippen molar-refractivity contribution in [3.8, 4) is 0 Å². The zero-order valence-electron chi connectivity index (χ0n) is 11.7. The zero-order valence-corrected chi connectivity index (χ0v) is 11.7. The lowest BCUT2D eigenvalue weighted by Crippen LogP contribution is -2.56. The van der Waals surface area contributed by atoms with Crippen LogP contribution in [0.4, 0.5) is 5.69 Å². The first-order valence-corrected chi connectivity index (χ1v) is 6.52. The Morgan fingerprint density at radius 1 is 1.40 bits per heavy atom. The van der Waals surface area contributed by atoms with Crippen LogP contribution in [0, 0.1) is 0 Å². The molecule has 1 aliphatic rings. The highest BCUT2D eigenvalue weighted by Crippen LogP contribution is 2.17. The Balaban J connectivity index is 2.25. The number of aliphatic carboxylic acids is 1. The number of rotatable bonds is 3. The maximum Gasteiger partial charge on any atom is 0.327 e. The van der Waals surface area contributed by atoms with Gasteiger partial charge in [-0.25, -0.2) is 4.79 Å². The molecule has 1 saturated heterocycles. The minimum Gasteiger partial charge on any atom is -0.480 e. The minimum atomic E-state index is -0.977. The van der Waals surface area contributed by atoms with Crippen LogP contribution in [0.5, 0.6) is 0 Å². The van der Waals surface area contributed by atoms with Crippen molar-refractivity contribution in [3.05, 3.63) is 29.8 Å². The minimum absolute atomic E-state index is 0.234. The van der Waals surface area contributed by atoms with Crippen molar-refractivity contribution in [2.75, 3.05) is 38.6 Å². The quantitative estimate of drug-likeness (QED) is 0.828. The van der Waals surface area contributed by atoms with Gasteiger partial charge in [0.1, 0.15) is 6.04 Å². The Morgan fingerprint density at radius 2 is 2.15 bits per heavy atom. The summed E-state index contributed by atoms with van der Waals surface area (Å²) in [6.07, 6.45) is 0. The number of anilines is 1. The van der Waals surface area contributed by atoms with E-state index in [1.165, 1.54) is 4.90 Å². The summed E-state index contributed by atoms with van der Waals surface area (Å²) in [6, 6.07) is 6.41. The molecule has 1 aliphatic heterocycles. The van der Waals surface area contributed by atoms with Gasteiger partial charge in [0.2, 0.25) is 0 Å². The first kappa shape index (κ1) is 14.3. The average Bonchev–Trinajstić information content (AvgIpc) is 2.46. The zero-order chi connectivity index (χ0) is 14.7. The second-order valence-corrected chi connectivity index (χ2v) is 5.00. The van der Waals surface area contributed by atoms with E-state index in [1.54, 1.807) is 18.2 Å². The van der Waals surface area contributed by atoms with E-state index in [2.05, 4.69) is 5.32 Å². The van der Waals surface area contributed by atoms with Crippen molar-refractivity contribution < 1.29 is 14.7 Å². The fourth-order valence-electron chi connectivity index (χ4n) is 2.25. The molecule has 0 saturated carbocycles. The molecule has 0 aromatic heterocycles. The summed E-state index contributed by atoms with van der Waals surface area (Å²) in [5.74, 6) is -1.21. The number of amides is 1. The molecule has 0 aliphatic carbocycles. The van der Waals surface area contributed by atoms with Gasteiger partial charge in [0, 0.05) is 45.0 Å². The number of carbonyl (C=O) groups excluding carboxylic acids is 1. The summed E-state index contributed by atoms with van der Waals surface area (Å²) in [5, 5.41) is 12.2. The Labute approximate surface area is 118 Å². The van der Waals surface area contributed by atoms with Gasteiger partial charge in [-0.3, -0.25) is 4.79 Å². The Bertz CT molecular complexity index is 516. The lowest BCUT2D eigenvalue weighted by molar-refractivity contribution is -0.142. The number of carboxylic acids is 1. The number of carbonyl (C=O) groups is 2. The molecule has 1 aromatic rings. The second-order valence-electron chi connectivity index (χ2n) is 5.00. The maximum atomic E-state index is 12.5. The van der Waals surface area contributed by atoms with Crippen molar-refractivity contribution in [1.82, 2.24) is 10.2 Å². The van der Waals surface area contributed by atoms with Gasteiger partial charge in [-0.2, -0.15) is 0 Å². The van der Waals surface area contributed by atoms with Crippen LogP contribution in [0.2, 0.25) is 0 Å². The normalized spacial score (nSPS) is 18.7. The molecule has 6 nitrogen and oxygen atoms in total. The van der Waals surface area contributed by atoms with Crippen molar-refractivity contribution >= 4 is 17.6 Å². The number of nitrogens with one attached hydrogen (secondary N) is 1. The average molecular weight is 277 g/mol. The van der Waals surface area contributed by atoms with Gasteiger partial charge < -0.3 is 20.2 Å². The lowest BCUT2D eigenvalue weighted by Gasteiger charge is -2.33. The third-order valence-electron chi connectivity index (χ3n) is 3.40. The molecule has 1 aromatic carbocycles. The summed E-state index contributed by atoms with van der Waals surface area (Å²) in [7, 11) is 3.79. The van der Waals surface area contributed by atoms with Crippen LogP contribution in [0.1, 0.15) is 10.4 Å². The number of carboxylic acid groups (broad SMARTS) is 1. The van der Waals surface area contributed by atoms with Crippen LogP contribution in [-0.2, 0) is 4.79 Å². The van der Waals surface area contributed by atoms with Crippen molar-refractivity contribution in [3.63, 3.8) is 0 Å². The van der Waals surface area contributed by atoms with Crippen LogP contribution < -0.4 is 10.2 Å². The van der Waals surface area contributed by atoms with E-state index < -0.39 is 12.0 Å². The summed E-state index contributed by atoms with van der Waals surface area (Å²) in [6.45, 7) is 1.30. The van der Waals surface area contributed by atoms with E-state index in [0.29, 0.717) is 18.7 Å². The van der Waals surface area contributed by atoms with E-state index in [-0.39, 0.29) is 12.5 Å². The molecular formula is C14H19N3O3. The van der Waals surface area contributed by atoms with Gasteiger partial charge in [0.05, 0.1) is 0 Å². The molecule has 6 heteroatoms. The number of piperazine rings is 1. The first-order chi connectivity index (χ1) is 9.50. The lowest BCUT2D eigenvalue weighted by atomic mass is 10.1.